The summed E-state index contributed by atoms with van der Waals surface area (Å²) >= 11 is 9.02. The fourth-order valence-corrected chi connectivity index (χ4v) is 2.03. The first-order valence-electron chi connectivity index (χ1n) is 4.35. The summed E-state index contributed by atoms with van der Waals surface area (Å²) in [6, 6.07) is 1.84. The molecule has 0 aliphatic rings. The number of rotatable bonds is 3. The lowest BCUT2D eigenvalue weighted by atomic mass is 10.2. The minimum Gasteiger partial charge on any atom is -0.772 e. The van der Waals surface area contributed by atoms with Gasteiger partial charge in [0.25, 0.3) is 0 Å². The smallest absolute Gasteiger partial charge is 0.464 e. The van der Waals surface area contributed by atoms with E-state index in [1.165, 1.54) is 10.2 Å². The number of halogens is 2. The second kappa shape index (κ2) is 6.30. The van der Waals surface area contributed by atoms with E-state index in [2.05, 4.69) is 20.9 Å². The lowest BCUT2D eigenvalue weighted by Crippen LogP contribution is -2.13. The van der Waals surface area contributed by atoms with Crippen molar-refractivity contribution in [3.05, 3.63) is 27.5 Å². The van der Waals surface area contributed by atoms with Crippen LogP contribution in [-0.2, 0) is 17.4 Å². The summed E-state index contributed by atoms with van der Waals surface area (Å²) in [6.07, 6.45) is 5.58. The zero-order valence-corrected chi connectivity index (χ0v) is 11.6. The van der Waals surface area contributed by atoms with Gasteiger partial charge in [0.1, 0.15) is 11.7 Å². The zero-order valence-electron chi connectivity index (χ0n) is 8.48. The SMILES string of the molecule is CS([O-])=[N+](C#N)CCc1cnc(Cl)c(Br)c1. The first kappa shape index (κ1) is 13.6. The molecule has 1 unspecified atom stereocenters. The van der Waals surface area contributed by atoms with E-state index in [1.807, 2.05) is 12.3 Å². The van der Waals surface area contributed by atoms with Crippen LogP contribution in [0.15, 0.2) is 16.7 Å². The van der Waals surface area contributed by atoms with Crippen LogP contribution in [0.1, 0.15) is 5.56 Å². The predicted octanol–water partition coefficient (Wildman–Crippen LogP) is 2.10. The van der Waals surface area contributed by atoms with E-state index in [1.54, 1.807) is 6.20 Å². The molecule has 0 N–H and O–H groups in total. The highest BCUT2D eigenvalue weighted by Gasteiger charge is 2.04. The topological polar surface area (TPSA) is 62.8 Å². The highest BCUT2D eigenvalue weighted by molar-refractivity contribution is 9.10. The van der Waals surface area contributed by atoms with Crippen LogP contribution in [-0.4, -0.2) is 26.3 Å². The normalized spacial score (nSPS) is 13.1. The summed E-state index contributed by atoms with van der Waals surface area (Å²) in [6.45, 7) is 0.398. The van der Waals surface area contributed by atoms with Gasteiger partial charge in [0.05, 0.1) is 4.47 Å². The van der Waals surface area contributed by atoms with Gasteiger partial charge in [-0.2, -0.15) is 3.95 Å². The van der Waals surface area contributed by atoms with Crippen molar-refractivity contribution in [3.63, 3.8) is 0 Å². The quantitative estimate of drug-likeness (QED) is 0.370. The molecule has 0 spiro atoms. The Hall–Kier alpha value is -0.480. The molecule has 16 heavy (non-hydrogen) atoms. The number of nitrogens with zero attached hydrogens (tertiary/aromatic N) is 3. The van der Waals surface area contributed by atoms with Crippen molar-refractivity contribution in [2.75, 3.05) is 12.8 Å². The van der Waals surface area contributed by atoms with Gasteiger partial charge in [0.2, 0.25) is 0 Å². The Bertz CT molecular complexity index is 468. The van der Waals surface area contributed by atoms with Gasteiger partial charge in [0.15, 0.2) is 5.26 Å². The second-order valence-corrected chi connectivity index (χ2v) is 5.49. The molecule has 0 fully saturated rings. The van der Waals surface area contributed by atoms with E-state index >= 15 is 0 Å². The number of nitriles is 1. The fraction of sp³-hybridized carbons (Fsp3) is 0.333. The van der Waals surface area contributed by atoms with Gasteiger partial charge in [-0.3, -0.25) is 0 Å². The average Bonchev–Trinajstić information content (AvgIpc) is 2.23. The van der Waals surface area contributed by atoms with E-state index in [0.29, 0.717) is 22.6 Å². The summed E-state index contributed by atoms with van der Waals surface area (Å²) in [4.78, 5) is 3.97. The van der Waals surface area contributed by atoms with Crippen molar-refractivity contribution in [1.82, 2.24) is 4.98 Å². The molecule has 0 radical (unpaired) electrons. The number of pyridine rings is 1. The van der Waals surface area contributed by atoms with Crippen LogP contribution in [0.2, 0.25) is 5.15 Å². The van der Waals surface area contributed by atoms with Gasteiger partial charge in [-0.15, -0.1) is 11.0 Å². The van der Waals surface area contributed by atoms with E-state index in [0.717, 1.165) is 5.56 Å². The van der Waals surface area contributed by atoms with Gasteiger partial charge in [-0.25, -0.2) is 4.98 Å². The van der Waals surface area contributed by atoms with Crippen molar-refractivity contribution in [2.45, 2.75) is 6.42 Å². The lowest BCUT2D eigenvalue weighted by Gasteiger charge is -2.07. The van der Waals surface area contributed by atoms with Gasteiger partial charge in [-0.1, -0.05) is 11.6 Å². The molecular weight excluding hydrogens is 314 g/mol. The molecule has 0 saturated heterocycles. The molecule has 7 heteroatoms. The fourth-order valence-electron chi connectivity index (χ4n) is 1.06. The molecule has 86 valence electrons. The van der Waals surface area contributed by atoms with E-state index in [-0.39, 0.29) is 0 Å². The number of hydrogen-bond acceptors (Lipinski definition) is 3. The van der Waals surface area contributed by atoms with E-state index in [9.17, 15) is 4.55 Å². The Kier molecular flexibility index (Phi) is 5.35. The molecule has 1 rings (SSSR count). The van der Waals surface area contributed by atoms with Crippen molar-refractivity contribution in [3.8, 4) is 6.19 Å². The number of hydrogen-bond donors (Lipinski definition) is 0. The molecular formula is C9H9BrClN3OS. The van der Waals surface area contributed by atoms with Gasteiger partial charge in [0, 0.05) is 12.6 Å². The van der Waals surface area contributed by atoms with Crippen LogP contribution in [0.5, 0.6) is 0 Å². The van der Waals surface area contributed by atoms with Crippen LogP contribution >= 0.6 is 27.5 Å². The lowest BCUT2D eigenvalue weighted by molar-refractivity contribution is -0.414. The predicted molar refractivity (Wildman–Crippen MR) is 65.5 cm³/mol. The standard InChI is InChI=1S/C9H9BrClN3OS/c1-16(15)14(6-12)3-2-7-4-8(10)9(11)13-5-7/h4-5H,2-3H2,1H3. The third kappa shape index (κ3) is 3.83. The molecule has 1 heterocycles. The molecule has 4 nitrogen and oxygen atoms in total. The Morgan fingerprint density at radius 2 is 2.44 bits per heavy atom. The second-order valence-electron chi connectivity index (χ2n) is 2.99. The minimum atomic E-state index is -1.27. The van der Waals surface area contributed by atoms with Crippen molar-refractivity contribution in [2.24, 2.45) is 0 Å². The molecule has 1 aromatic heterocycles. The van der Waals surface area contributed by atoms with Crippen LogP contribution < -0.4 is 0 Å². The average molecular weight is 323 g/mol. The summed E-state index contributed by atoms with van der Waals surface area (Å²) < 4.78 is 13.0. The first-order chi connectivity index (χ1) is 7.54. The maximum absolute atomic E-state index is 11.1. The highest BCUT2D eigenvalue weighted by Crippen LogP contribution is 2.20. The maximum Gasteiger partial charge on any atom is 0.464 e. The van der Waals surface area contributed by atoms with Gasteiger partial charge in [-0.05, 0) is 33.8 Å². The minimum absolute atomic E-state index is 0.398. The van der Waals surface area contributed by atoms with Gasteiger partial charge >= 0.3 is 6.19 Å². The van der Waals surface area contributed by atoms with Gasteiger partial charge < -0.3 is 4.55 Å². The largest absolute Gasteiger partial charge is 0.772 e. The molecule has 1 aromatic rings. The van der Waals surface area contributed by atoms with Crippen molar-refractivity contribution < 1.29 is 8.50 Å². The Morgan fingerprint density at radius 1 is 1.75 bits per heavy atom. The molecule has 0 bridgehead atoms. The Labute approximate surface area is 110 Å². The van der Waals surface area contributed by atoms with Crippen LogP contribution in [0.4, 0.5) is 0 Å². The van der Waals surface area contributed by atoms with Crippen LogP contribution in [0.3, 0.4) is 0 Å². The third-order valence-electron chi connectivity index (χ3n) is 1.88. The van der Waals surface area contributed by atoms with Crippen molar-refractivity contribution >= 4 is 38.5 Å². The van der Waals surface area contributed by atoms with Crippen molar-refractivity contribution in [1.29, 1.82) is 5.26 Å². The molecule has 0 aliphatic carbocycles. The molecule has 0 aromatic carbocycles. The van der Waals surface area contributed by atoms with E-state index < -0.39 is 11.0 Å². The summed E-state index contributed by atoms with van der Waals surface area (Å²) in [5, 5.41) is 9.11. The molecule has 0 saturated carbocycles. The van der Waals surface area contributed by atoms with E-state index in [4.69, 9.17) is 16.9 Å². The first-order valence-corrected chi connectivity index (χ1v) is 7.04. The molecule has 0 aliphatic heterocycles. The highest BCUT2D eigenvalue weighted by atomic mass is 79.9. The summed E-state index contributed by atoms with van der Waals surface area (Å²) in [7, 11) is -1.27. The Balaban J connectivity index is 2.73. The zero-order chi connectivity index (χ0) is 12.1. The molecule has 1 atom stereocenters. The number of aromatic nitrogens is 1. The Morgan fingerprint density at radius 3 is 2.94 bits per heavy atom. The third-order valence-corrected chi connectivity index (χ3v) is 3.90. The maximum atomic E-state index is 11.1. The summed E-state index contributed by atoms with van der Waals surface area (Å²) in [5.74, 6) is 0. The molecule has 0 amide bonds. The monoisotopic (exact) mass is 321 g/mol. The van der Waals surface area contributed by atoms with Crippen LogP contribution in [0.25, 0.3) is 0 Å². The van der Waals surface area contributed by atoms with Crippen LogP contribution in [0, 0.1) is 11.5 Å². The summed E-state index contributed by atoms with van der Waals surface area (Å²) in [5.41, 5.74) is 0.932.